The maximum absolute atomic E-state index is 12.9. The molecule has 0 amide bonds. The van der Waals surface area contributed by atoms with Crippen molar-refractivity contribution in [2.24, 2.45) is 10.3 Å². The summed E-state index contributed by atoms with van der Waals surface area (Å²) in [5.74, 6) is -1.09. The van der Waals surface area contributed by atoms with Gasteiger partial charge in [-0.15, -0.1) is 22.4 Å². The van der Waals surface area contributed by atoms with Gasteiger partial charge >= 0.3 is 12.3 Å². The van der Waals surface area contributed by atoms with Crippen molar-refractivity contribution < 1.29 is 37.1 Å². The van der Waals surface area contributed by atoms with Crippen LogP contribution in [0.5, 0.6) is 5.75 Å². The minimum Gasteiger partial charge on any atom is -0.464 e. The highest BCUT2D eigenvalue weighted by molar-refractivity contribution is 14.1. The summed E-state index contributed by atoms with van der Waals surface area (Å²) in [4.78, 5) is 22.4. The SMILES string of the molecule is CO/N=C(/C(=O)OC)c1cccc(C)c1CO/N=C(\C)c1c(I)cc(P)cc1OC(F)(F)F. The van der Waals surface area contributed by atoms with Crippen molar-refractivity contribution in [1.29, 1.82) is 0 Å². The van der Waals surface area contributed by atoms with Gasteiger partial charge in [0.2, 0.25) is 0 Å². The number of rotatable bonds is 8. The van der Waals surface area contributed by atoms with Gasteiger partial charge < -0.3 is 19.1 Å². The van der Waals surface area contributed by atoms with Crippen LogP contribution in [0.3, 0.4) is 0 Å². The van der Waals surface area contributed by atoms with E-state index in [1.54, 1.807) is 31.2 Å². The summed E-state index contributed by atoms with van der Waals surface area (Å²) < 4.78 is 48.1. The van der Waals surface area contributed by atoms with Gasteiger partial charge in [-0.1, -0.05) is 28.5 Å². The molecule has 0 aliphatic rings. The zero-order chi connectivity index (χ0) is 24.8. The molecule has 0 fully saturated rings. The molecule has 0 aromatic heterocycles. The normalized spacial score (nSPS) is 12.4. The number of aryl methyl sites for hydroxylation is 1. The molecule has 7 nitrogen and oxygen atoms in total. The van der Waals surface area contributed by atoms with E-state index in [0.29, 0.717) is 20.0 Å². The van der Waals surface area contributed by atoms with Crippen molar-refractivity contribution in [1.82, 2.24) is 0 Å². The van der Waals surface area contributed by atoms with E-state index in [2.05, 4.69) is 24.3 Å². The fourth-order valence-electron chi connectivity index (χ4n) is 2.90. The lowest BCUT2D eigenvalue weighted by atomic mass is 9.99. The zero-order valence-electron chi connectivity index (χ0n) is 18.1. The van der Waals surface area contributed by atoms with E-state index in [0.717, 1.165) is 5.56 Å². The number of ether oxygens (including phenoxy) is 2. The molecule has 178 valence electrons. The molecule has 0 bridgehead atoms. The van der Waals surface area contributed by atoms with Gasteiger partial charge in [-0.2, -0.15) is 0 Å². The Bertz CT molecular complexity index is 1090. The Morgan fingerprint density at radius 2 is 1.88 bits per heavy atom. The molecule has 0 saturated heterocycles. The molecule has 0 aliphatic heterocycles. The Labute approximate surface area is 204 Å². The Morgan fingerprint density at radius 3 is 2.48 bits per heavy atom. The molecule has 0 aliphatic carbocycles. The van der Waals surface area contributed by atoms with Crippen molar-refractivity contribution in [3.05, 3.63) is 56.2 Å². The van der Waals surface area contributed by atoms with Gasteiger partial charge in [0, 0.05) is 14.7 Å². The minimum absolute atomic E-state index is 0.0607. The first-order valence-corrected chi connectivity index (χ1v) is 10.9. The fourth-order valence-corrected chi connectivity index (χ4v) is 4.57. The first-order valence-electron chi connectivity index (χ1n) is 9.28. The lowest BCUT2D eigenvalue weighted by molar-refractivity contribution is -0.274. The maximum atomic E-state index is 12.9. The number of methoxy groups -OCH3 is 1. The van der Waals surface area contributed by atoms with Crippen LogP contribution in [0.2, 0.25) is 0 Å². The molecule has 12 heteroatoms. The Kier molecular flexibility index (Phi) is 9.47. The van der Waals surface area contributed by atoms with E-state index in [9.17, 15) is 18.0 Å². The van der Waals surface area contributed by atoms with Crippen molar-refractivity contribution in [2.75, 3.05) is 14.2 Å². The molecule has 2 aromatic carbocycles. The number of nitrogens with zero attached hydrogens (tertiary/aromatic N) is 2. The van der Waals surface area contributed by atoms with Gasteiger partial charge in [0.25, 0.3) is 0 Å². The van der Waals surface area contributed by atoms with Crippen LogP contribution in [0.25, 0.3) is 0 Å². The van der Waals surface area contributed by atoms with Crippen LogP contribution in [0.4, 0.5) is 13.2 Å². The second-order valence-electron chi connectivity index (χ2n) is 6.59. The predicted octanol–water partition coefficient (Wildman–Crippen LogP) is 4.46. The highest BCUT2D eigenvalue weighted by atomic mass is 127. The topological polar surface area (TPSA) is 78.7 Å². The molecular weight excluding hydrogens is 575 g/mol. The number of hydrogen-bond donors (Lipinski definition) is 0. The average Bonchev–Trinajstić information content (AvgIpc) is 2.71. The quantitative estimate of drug-likeness (QED) is 0.148. The third-order valence-electron chi connectivity index (χ3n) is 4.30. The number of hydrogen-bond acceptors (Lipinski definition) is 7. The van der Waals surface area contributed by atoms with Crippen molar-refractivity contribution in [2.45, 2.75) is 26.8 Å². The van der Waals surface area contributed by atoms with Crippen LogP contribution in [0, 0.1) is 10.5 Å². The van der Waals surface area contributed by atoms with Gasteiger partial charge in [0.1, 0.15) is 19.5 Å². The first-order chi connectivity index (χ1) is 15.5. The number of carbonyl (C=O) groups is 1. The summed E-state index contributed by atoms with van der Waals surface area (Å²) in [6.07, 6.45) is -4.86. The third kappa shape index (κ3) is 7.29. The molecule has 0 radical (unpaired) electrons. The van der Waals surface area contributed by atoms with Gasteiger partial charge in [-0.05, 0) is 59.4 Å². The smallest absolute Gasteiger partial charge is 0.464 e. The first kappa shape index (κ1) is 26.8. The molecule has 2 aromatic rings. The highest BCUT2D eigenvalue weighted by Crippen LogP contribution is 2.30. The summed E-state index contributed by atoms with van der Waals surface area (Å²) >= 11 is 1.90. The van der Waals surface area contributed by atoms with Gasteiger partial charge in [-0.3, -0.25) is 0 Å². The van der Waals surface area contributed by atoms with Crippen LogP contribution >= 0.6 is 31.8 Å². The summed E-state index contributed by atoms with van der Waals surface area (Å²) in [7, 11) is 4.85. The van der Waals surface area contributed by atoms with Gasteiger partial charge in [0.15, 0.2) is 5.71 Å². The van der Waals surface area contributed by atoms with Gasteiger partial charge in [-0.25, -0.2) is 4.79 Å². The molecule has 1 unspecified atom stereocenters. The lowest BCUT2D eigenvalue weighted by Crippen LogP contribution is -2.20. The number of oxime groups is 2. The number of benzene rings is 2. The van der Waals surface area contributed by atoms with Crippen LogP contribution in [0.15, 0.2) is 40.6 Å². The van der Waals surface area contributed by atoms with E-state index in [1.807, 2.05) is 22.6 Å². The van der Waals surface area contributed by atoms with Crippen molar-refractivity contribution >= 4 is 54.5 Å². The van der Waals surface area contributed by atoms with Gasteiger partial charge in [0.05, 0.1) is 18.4 Å². The molecule has 0 heterocycles. The van der Waals surface area contributed by atoms with Crippen molar-refractivity contribution in [3.63, 3.8) is 0 Å². The predicted molar refractivity (Wildman–Crippen MR) is 129 cm³/mol. The second kappa shape index (κ2) is 11.6. The van der Waals surface area contributed by atoms with E-state index < -0.39 is 12.3 Å². The molecule has 2 rings (SSSR count). The van der Waals surface area contributed by atoms with E-state index >= 15 is 0 Å². The Morgan fingerprint density at radius 1 is 1.18 bits per heavy atom. The monoisotopic (exact) mass is 596 g/mol. The molecule has 0 saturated carbocycles. The number of carbonyl (C=O) groups excluding carboxylic acids is 1. The summed E-state index contributed by atoms with van der Waals surface area (Å²) in [5.41, 5.74) is 2.04. The standard InChI is InChI=1S/C21H21F3IN2O5P/c1-11-6-5-7-14(19(27-30-4)20(28)29-3)15(11)10-31-26-12(2)18-16(25)8-13(33)9-17(18)32-21(22,23)24/h5-9H,10,33H2,1-4H3/b26-12+,27-19+. The number of halogens is 4. The zero-order valence-corrected chi connectivity index (χ0v) is 21.4. The van der Waals surface area contributed by atoms with E-state index in [1.165, 1.54) is 27.2 Å². The summed E-state index contributed by atoms with van der Waals surface area (Å²) in [5, 5.41) is 8.26. The number of alkyl halides is 3. The largest absolute Gasteiger partial charge is 0.573 e. The van der Waals surface area contributed by atoms with E-state index in [4.69, 9.17) is 14.4 Å². The van der Waals surface area contributed by atoms with Crippen LogP contribution in [0.1, 0.15) is 29.2 Å². The second-order valence-corrected chi connectivity index (χ2v) is 8.42. The molecule has 0 spiro atoms. The van der Waals surface area contributed by atoms with E-state index in [-0.39, 0.29) is 29.3 Å². The highest BCUT2D eigenvalue weighted by Gasteiger charge is 2.33. The van der Waals surface area contributed by atoms with Crippen molar-refractivity contribution in [3.8, 4) is 5.75 Å². The lowest BCUT2D eigenvalue weighted by Gasteiger charge is -2.16. The molecule has 33 heavy (non-hydrogen) atoms. The average molecular weight is 596 g/mol. The van der Waals surface area contributed by atoms with Crippen LogP contribution < -0.4 is 10.0 Å². The third-order valence-corrected chi connectivity index (χ3v) is 5.49. The molecule has 0 N–H and O–H groups in total. The minimum atomic E-state index is -4.86. The molecule has 1 atom stereocenters. The van der Waals surface area contributed by atoms with Crippen LogP contribution in [-0.2, 0) is 25.8 Å². The summed E-state index contributed by atoms with van der Waals surface area (Å²) in [6, 6.07) is 8.09. The number of esters is 1. The Balaban J connectivity index is 2.39. The molecular formula is C21H21F3IN2O5P. The maximum Gasteiger partial charge on any atom is 0.573 e. The van der Waals surface area contributed by atoms with Crippen LogP contribution in [-0.4, -0.2) is 38.0 Å². The summed E-state index contributed by atoms with van der Waals surface area (Å²) in [6.45, 7) is 3.22. The fraction of sp³-hybridized carbons (Fsp3) is 0.286. The Hall–Kier alpha value is -2.40.